The van der Waals surface area contributed by atoms with Crippen molar-refractivity contribution in [3.05, 3.63) is 59.2 Å². The van der Waals surface area contributed by atoms with E-state index in [-0.39, 0.29) is 5.97 Å². The lowest BCUT2D eigenvalue weighted by atomic mass is 10.1. The van der Waals surface area contributed by atoms with Crippen LogP contribution in [-0.4, -0.2) is 24.3 Å². The highest BCUT2D eigenvalue weighted by atomic mass is 32.1. The Morgan fingerprint density at radius 1 is 1.08 bits per heavy atom. The zero-order valence-corrected chi connectivity index (χ0v) is 16.1. The number of nitrogens with one attached hydrogen (secondary N) is 2. The SMILES string of the molecule is CCOC(=O)c1cccc(NC(=S)NCc2ccccc2OCC)c1C. The summed E-state index contributed by atoms with van der Waals surface area (Å²) in [5, 5.41) is 6.79. The molecule has 0 amide bonds. The monoisotopic (exact) mass is 372 g/mol. The van der Waals surface area contributed by atoms with E-state index in [9.17, 15) is 4.79 Å². The minimum atomic E-state index is -0.335. The summed E-state index contributed by atoms with van der Waals surface area (Å²) in [6.07, 6.45) is 0. The molecule has 0 heterocycles. The van der Waals surface area contributed by atoms with Crippen LogP contribution in [0.5, 0.6) is 5.75 Å². The number of ether oxygens (including phenoxy) is 2. The van der Waals surface area contributed by atoms with Gasteiger partial charge in [-0.3, -0.25) is 0 Å². The molecule has 0 atom stereocenters. The van der Waals surface area contributed by atoms with Gasteiger partial charge in [0.25, 0.3) is 0 Å². The summed E-state index contributed by atoms with van der Waals surface area (Å²) in [5.74, 6) is 0.504. The van der Waals surface area contributed by atoms with Gasteiger partial charge in [-0.05, 0) is 56.8 Å². The highest BCUT2D eigenvalue weighted by molar-refractivity contribution is 7.80. The largest absolute Gasteiger partial charge is 0.494 e. The Hall–Kier alpha value is -2.60. The van der Waals surface area contributed by atoms with Crippen molar-refractivity contribution >= 4 is 29.0 Å². The fourth-order valence-corrected chi connectivity index (χ4v) is 2.67. The highest BCUT2D eigenvalue weighted by Gasteiger charge is 2.13. The van der Waals surface area contributed by atoms with Crippen molar-refractivity contribution in [3.63, 3.8) is 0 Å². The van der Waals surface area contributed by atoms with Crippen LogP contribution in [-0.2, 0) is 11.3 Å². The Bertz CT molecular complexity index is 777. The number of para-hydroxylation sites is 1. The number of hydrogen-bond acceptors (Lipinski definition) is 4. The molecule has 0 spiro atoms. The highest BCUT2D eigenvalue weighted by Crippen LogP contribution is 2.20. The maximum atomic E-state index is 12.0. The van der Waals surface area contributed by atoms with Gasteiger partial charge in [-0.25, -0.2) is 4.79 Å². The van der Waals surface area contributed by atoms with Gasteiger partial charge in [0.2, 0.25) is 0 Å². The third-order valence-corrected chi connectivity index (χ3v) is 4.04. The molecule has 26 heavy (non-hydrogen) atoms. The van der Waals surface area contributed by atoms with Gasteiger partial charge < -0.3 is 20.1 Å². The summed E-state index contributed by atoms with van der Waals surface area (Å²) < 4.78 is 10.7. The number of anilines is 1. The number of rotatable bonds is 7. The van der Waals surface area contributed by atoms with E-state index in [0.29, 0.717) is 30.4 Å². The molecule has 0 saturated heterocycles. The molecule has 2 N–H and O–H groups in total. The summed E-state index contributed by atoms with van der Waals surface area (Å²) in [6.45, 7) is 7.10. The van der Waals surface area contributed by atoms with Crippen LogP contribution >= 0.6 is 12.2 Å². The van der Waals surface area contributed by atoms with E-state index in [1.54, 1.807) is 19.1 Å². The fraction of sp³-hybridized carbons (Fsp3) is 0.300. The minimum Gasteiger partial charge on any atom is -0.494 e. The summed E-state index contributed by atoms with van der Waals surface area (Å²) in [4.78, 5) is 12.0. The van der Waals surface area contributed by atoms with Crippen LogP contribution in [0.1, 0.15) is 35.3 Å². The van der Waals surface area contributed by atoms with Crippen LogP contribution in [0.4, 0.5) is 5.69 Å². The van der Waals surface area contributed by atoms with E-state index in [1.807, 2.05) is 44.2 Å². The van der Waals surface area contributed by atoms with Crippen LogP contribution in [0.3, 0.4) is 0 Å². The van der Waals surface area contributed by atoms with Crippen molar-refractivity contribution in [2.45, 2.75) is 27.3 Å². The van der Waals surface area contributed by atoms with Crippen molar-refractivity contribution < 1.29 is 14.3 Å². The second-order valence-corrected chi connectivity index (χ2v) is 5.96. The minimum absolute atomic E-state index is 0.335. The Kier molecular flexibility index (Phi) is 7.41. The van der Waals surface area contributed by atoms with E-state index >= 15 is 0 Å². The van der Waals surface area contributed by atoms with Gasteiger partial charge in [0.05, 0.1) is 18.8 Å². The summed E-state index contributed by atoms with van der Waals surface area (Å²) in [6, 6.07) is 13.2. The van der Waals surface area contributed by atoms with Gasteiger partial charge >= 0.3 is 5.97 Å². The Balaban J connectivity index is 2.02. The van der Waals surface area contributed by atoms with Crippen molar-refractivity contribution in [2.75, 3.05) is 18.5 Å². The maximum absolute atomic E-state index is 12.0. The van der Waals surface area contributed by atoms with Gasteiger partial charge in [-0.2, -0.15) is 0 Å². The van der Waals surface area contributed by atoms with Gasteiger partial charge in [0.15, 0.2) is 5.11 Å². The average Bonchev–Trinajstić information content (AvgIpc) is 2.63. The summed E-state index contributed by atoms with van der Waals surface area (Å²) in [7, 11) is 0. The molecular weight excluding hydrogens is 348 g/mol. The van der Waals surface area contributed by atoms with Crippen molar-refractivity contribution in [1.82, 2.24) is 5.32 Å². The molecular formula is C20H24N2O3S. The molecule has 0 aliphatic carbocycles. The Morgan fingerprint density at radius 3 is 2.58 bits per heavy atom. The molecule has 5 nitrogen and oxygen atoms in total. The van der Waals surface area contributed by atoms with Gasteiger partial charge in [-0.15, -0.1) is 0 Å². The van der Waals surface area contributed by atoms with E-state index < -0.39 is 0 Å². The molecule has 0 bridgehead atoms. The molecule has 0 radical (unpaired) electrons. The molecule has 0 aliphatic heterocycles. The summed E-state index contributed by atoms with van der Waals surface area (Å²) in [5.41, 5.74) is 3.12. The number of hydrogen-bond donors (Lipinski definition) is 2. The molecule has 2 aromatic rings. The first-order valence-corrected chi connectivity index (χ1v) is 8.99. The number of carbonyl (C=O) groups excluding carboxylic acids is 1. The zero-order valence-electron chi connectivity index (χ0n) is 15.3. The van der Waals surface area contributed by atoms with Gasteiger partial charge in [-0.1, -0.05) is 24.3 Å². The third-order valence-electron chi connectivity index (χ3n) is 3.79. The second kappa shape index (κ2) is 9.77. The first-order chi connectivity index (χ1) is 12.6. The third kappa shape index (κ3) is 5.20. The van der Waals surface area contributed by atoms with E-state index in [1.165, 1.54) is 0 Å². The van der Waals surface area contributed by atoms with E-state index in [4.69, 9.17) is 21.7 Å². The predicted octanol–water partition coefficient (Wildman–Crippen LogP) is 4.06. The molecule has 0 unspecified atom stereocenters. The molecule has 0 fully saturated rings. The number of esters is 1. The molecule has 2 rings (SSSR count). The fourth-order valence-electron chi connectivity index (χ4n) is 2.49. The van der Waals surface area contributed by atoms with Crippen LogP contribution in [0.2, 0.25) is 0 Å². The Morgan fingerprint density at radius 2 is 1.85 bits per heavy atom. The smallest absolute Gasteiger partial charge is 0.338 e. The molecule has 0 saturated carbocycles. The lowest BCUT2D eigenvalue weighted by molar-refractivity contribution is 0.0525. The topological polar surface area (TPSA) is 59.6 Å². The number of benzene rings is 2. The molecule has 0 aromatic heterocycles. The standard InChI is InChI=1S/C20H24N2O3S/c1-4-24-18-12-7-6-9-15(18)13-21-20(26)22-17-11-8-10-16(14(17)3)19(23)25-5-2/h6-12H,4-5,13H2,1-3H3,(H2,21,22,26). The first kappa shape index (κ1) is 19.7. The molecule has 0 aliphatic rings. The van der Waals surface area contributed by atoms with Crippen LogP contribution in [0.25, 0.3) is 0 Å². The van der Waals surface area contributed by atoms with Crippen LogP contribution < -0.4 is 15.4 Å². The predicted molar refractivity (Wildman–Crippen MR) is 108 cm³/mol. The summed E-state index contributed by atoms with van der Waals surface area (Å²) >= 11 is 5.38. The van der Waals surface area contributed by atoms with E-state index in [0.717, 1.165) is 22.6 Å². The number of thiocarbonyl (C=S) groups is 1. The van der Waals surface area contributed by atoms with E-state index in [2.05, 4.69) is 10.6 Å². The van der Waals surface area contributed by atoms with Gasteiger partial charge in [0.1, 0.15) is 5.75 Å². The first-order valence-electron chi connectivity index (χ1n) is 8.59. The van der Waals surface area contributed by atoms with Crippen LogP contribution in [0.15, 0.2) is 42.5 Å². The van der Waals surface area contributed by atoms with Crippen LogP contribution in [0, 0.1) is 6.92 Å². The second-order valence-electron chi connectivity index (χ2n) is 5.55. The zero-order chi connectivity index (χ0) is 18.9. The van der Waals surface area contributed by atoms with Crippen molar-refractivity contribution in [1.29, 1.82) is 0 Å². The number of carbonyl (C=O) groups is 1. The normalized spacial score (nSPS) is 10.1. The van der Waals surface area contributed by atoms with Crippen molar-refractivity contribution in [2.24, 2.45) is 0 Å². The average molecular weight is 372 g/mol. The molecule has 2 aromatic carbocycles. The maximum Gasteiger partial charge on any atom is 0.338 e. The van der Waals surface area contributed by atoms with Gasteiger partial charge in [0, 0.05) is 17.8 Å². The molecule has 6 heteroatoms. The van der Waals surface area contributed by atoms with Crippen molar-refractivity contribution in [3.8, 4) is 5.75 Å². The quantitative estimate of drug-likeness (QED) is 0.565. The lowest BCUT2D eigenvalue weighted by Crippen LogP contribution is -2.28. The Labute approximate surface area is 159 Å². The molecule has 138 valence electrons. The lowest BCUT2D eigenvalue weighted by Gasteiger charge is -2.15.